The van der Waals surface area contributed by atoms with Gasteiger partial charge in [-0.1, -0.05) is 54.4 Å². The summed E-state index contributed by atoms with van der Waals surface area (Å²) >= 11 is 12.2. The van der Waals surface area contributed by atoms with Crippen molar-refractivity contribution < 1.29 is 0 Å². The van der Waals surface area contributed by atoms with Gasteiger partial charge in [-0.05, 0) is 28.8 Å². The zero-order valence-corrected chi connectivity index (χ0v) is 9.36. The highest BCUT2D eigenvalue weighted by Crippen LogP contribution is 2.33. The summed E-state index contributed by atoms with van der Waals surface area (Å²) in [6.07, 6.45) is 0.903. The largest absolute Gasteiger partial charge is 0.0827 e. The fourth-order valence-electron chi connectivity index (χ4n) is 1.71. The van der Waals surface area contributed by atoms with Crippen LogP contribution in [0, 0.1) is 0 Å². The van der Waals surface area contributed by atoms with Crippen molar-refractivity contribution in [1.82, 2.24) is 0 Å². The maximum absolute atomic E-state index is 6.14. The predicted octanol–water partition coefficient (Wildman–Crippen LogP) is 4.71. The fraction of sp³-hybridized carbons (Fsp3) is 0.167. The summed E-state index contributed by atoms with van der Waals surface area (Å²) in [6, 6.07) is 10.1. The van der Waals surface area contributed by atoms with Gasteiger partial charge in [-0.3, -0.25) is 0 Å². The van der Waals surface area contributed by atoms with Gasteiger partial charge >= 0.3 is 0 Å². The van der Waals surface area contributed by atoms with Crippen LogP contribution >= 0.6 is 23.2 Å². The van der Waals surface area contributed by atoms with E-state index < -0.39 is 0 Å². The van der Waals surface area contributed by atoms with E-state index in [1.807, 2.05) is 18.2 Å². The molecule has 0 saturated carbocycles. The molecule has 2 heteroatoms. The lowest BCUT2D eigenvalue weighted by atomic mass is 10.0. The summed E-state index contributed by atoms with van der Waals surface area (Å²) in [5.74, 6) is 0. The minimum absolute atomic E-state index is 0.641. The summed E-state index contributed by atoms with van der Waals surface area (Å²) < 4.78 is 0. The molecule has 0 bridgehead atoms. The number of aryl methyl sites for hydroxylation is 1. The van der Waals surface area contributed by atoms with Gasteiger partial charge in [-0.25, -0.2) is 0 Å². The van der Waals surface area contributed by atoms with Gasteiger partial charge in [0.25, 0.3) is 0 Å². The maximum atomic E-state index is 6.14. The van der Waals surface area contributed by atoms with E-state index in [0.29, 0.717) is 10.0 Å². The molecule has 0 aliphatic heterocycles. The van der Waals surface area contributed by atoms with Gasteiger partial charge in [0, 0.05) is 0 Å². The first kappa shape index (κ1) is 9.82. The van der Waals surface area contributed by atoms with Crippen molar-refractivity contribution >= 4 is 34.0 Å². The molecular weight excluding hydrogens is 215 g/mol. The van der Waals surface area contributed by atoms with Crippen molar-refractivity contribution in [3.05, 3.63) is 45.9 Å². The molecule has 0 unspecified atom stereocenters. The summed E-state index contributed by atoms with van der Waals surface area (Å²) in [4.78, 5) is 0. The minimum Gasteiger partial charge on any atom is -0.0827 e. The number of hydrogen-bond donors (Lipinski definition) is 0. The highest BCUT2D eigenvalue weighted by Gasteiger charge is 2.07. The molecule has 0 aromatic heterocycles. The predicted molar refractivity (Wildman–Crippen MR) is 63.3 cm³/mol. The van der Waals surface area contributed by atoms with Gasteiger partial charge in [-0.2, -0.15) is 0 Å². The standard InChI is InChI=1S/C12H10Cl2/c1-2-9-10-6-4-3-5-8(10)7-11(13)12(9)14/h3-7H,2H2,1H3. The summed E-state index contributed by atoms with van der Waals surface area (Å²) in [7, 11) is 0. The molecule has 0 saturated heterocycles. The van der Waals surface area contributed by atoms with E-state index in [4.69, 9.17) is 23.2 Å². The van der Waals surface area contributed by atoms with E-state index >= 15 is 0 Å². The molecule has 72 valence electrons. The highest BCUT2D eigenvalue weighted by molar-refractivity contribution is 6.43. The monoisotopic (exact) mass is 224 g/mol. The van der Waals surface area contributed by atoms with Crippen LogP contribution in [0.25, 0.3) is 10.8 Å². The lowest BCUT2D eigenvalue weighted by Gasteiger charge is -2.08. The van der Waals surface area contributed by atoms with Crippen molar-refractivity contribution in [2.45, 2.75) is 13.3 Å². The smallest absolute Gasteiger partial charge is 0.0630 e. The van der Waals surface area contributed by atoms with Gasteiger partial charge in [-0.15, -0.1) is 0 Å². The molecule has 0 heterocycles. The van der Waals surface area contributed by atoms with E-state index in [-0.39, 0.29) is 0 Å². The Hall–Kier alpha value is -0.720. The van der Waals surface area contributed by atoms with Gasteiger partial charge in [0.2, 0.25) is 0 Å². The molecule has 0 amide bonds. The number of benzene rings is 2. The topological polar surface area (TPSA) is 0 Å². The maximum Gasteiger partial charge on any atom is 0.0630 e. The van der Waals surface area contributed by atoms with E-state index in [1.165, 1.54) is 5.39 Å². The van der Waals surface area contributed by atoms with Crippen LogP contribution in [0.4, 0.5) is 0 Å². The zero-order chi connectivity index (χ0) is 10.1. The van der Waals surface area contributed by atoms with Crippen LogP contribution in [0.2, 0.25) is 10.0 Å². The summed E-state index contributed by atoms with van der Waals surface area (Å²) in [5, 5.41) is 3.68. The van der Waals surface area contributed by atoms with Crippen LogP contribution in [0.1, 0.15) is 12.5 Å². The lowest BCUT2D eigenvalue weighted by molar-refractivity contribution is 1.16. The quantitative estimate of drug-likeness (QED) is 0.659. The molecule has 0 atom stereocenters. The normalized spacial score (nSPS) is 10.8. The van der Waals surface area contributed by atoms with Crippen LogP contribution in [-0.2, 0) is 6.42 Å². The van der Waals surface area contributed by atoms with Gasteiger partial charge in [0.15, 0.2) is 0 Å². The molecule has 0 spiro atoms. The number of fused-ring (bicyclic) bond motifs is 1. The summed E-state index contributed by atoms with van der Waals surface area (Å²) in [6.45, 7) is 2.09. The van der Waals surface area contributed by atoms with E-state index in [9.17, 15) is 0 Å². The van der Waals surface area contributed by atoms with E-state index in [2.05, 4.69) is 19.1 Å². The van der Waals surface area contributed by atoms with E-state index in [1.54, 1.807) is 0 Å². The Morgan fingerprint density at radius 2 is 1.86 bits per heavy atom. The Balaban J connectivity index is 2.89. The lowest BCUT2D eigenvalue weighted by Crippen LogP contribution is -1.86. The Morgan fingerprint density at radius 1 is 1.14 bits per heavy atom. The van der Waals surface area contributed by atoms with Crippen molar-refractivity contribution in [3.8, 4) is 0 Å². The summed E-state index contributed by atoms with van der Waals surface area (Å²) in [5.41, 5.74) is 1.13. The number of hydrogen-bond acceptors (Lipinski definition) is 0. The molecular formula is C12H10Cl2. The Bertz CT molecular complexity index is 475. The second kappa shape index (κ2) is 3.80. The molecule has 0 N–H and O–H groups in total. The molecule has 0 nitrogen and oxygen atoms in total. The SMILES string of the molecule is CCc1c(Cl)c(Cl)cc2ccccc12. The third kappa shape index (κ3) is 1.49. The molecule has 2 aromatic rings. The first-order valence-electron chi connectivity index (χ1n) is 4.59. The van der Waals surface area contributed by atoms with E-state index in [0.717, 1.165) is 17.4 Å². The number of halogens is 2. The van der Waals surface area contributed by atoms with Crippen molar-refractivity contribution in [3.63, 3.8) is 0 Å². The van der Waals surface area contributed by atoms with Crippen LogP contribution in [0.15, 0.2) is 30.3 Å². The first-order valence-corrected chi connectivity index (χ1v) is 5.35. The first-order chi connectivity index (χ1) is 6.74. The Labute approximate surface area is 93.4 Å². The third-order valence-electron chi connectivity index (χ3n) is 2.40. The van der Waals surface area contributed by atoms with Gasteiger partial charge in [0.1, 0.15) is 0 Å². The average molecular weight is 225 g/mol. The van der Waals surface area contributed by atoms with Gasteiger partial charge in [0.05, 0.1) is 10.0 Å². The minimum atomic E-state index is 0.641. The van der Waals surface area contributed by atoms with Crippen LogP contribution < -0.4 is 0 Å². The van der Waals surface area contributed by atoms with Crippen LogP contribution in [0.3, 0.4) is 0 Å². The fourth-order valence-corrected chi connectivity index (χ4v) is 2.23. The van der Waals surface area contributed by atoms with Crippen molar-refractivity contribution in [2.24, 2.45) is 0 Å². The highest BCUT2D eigenvalue weighted by atomic mass is 35.5. The van der Waals surface area contributed by atoms with Crippen LogP contribution in [0.5, 0.6) is 0 Å². The average Bonchev–Trinajstić information content (AvgIpc) is 2.20. The second-order valence-corrected chi connectivity index (χ2v) is 4.01. The molecule has 14 heavy (non-hydrogen) atoms. The van der Waals surface area contributed by atoms with Crippen molar-refractivity contribution in [1.29, 1.82) is 0 Å². The molecule has 0 aliphatic carbocycles. The zero-order valence-electron chi connectivity index (χ0n) is 7.85. The Morgan fingerprint density at radius 3 is 2.57 bits per heavy atom. The van der Waals surface area contributed by atoms with Crippen LogP contribution in [-0.4, -0.2) is 0 Å². The molecule has 2 rings (SSSR count). The second-order valence-electron chi connectivity index (χ2n) is 3.23. The van der Waals surface area contributed by atoms with Gasteiger partial charge < -0.3 is 0 Å². The molecule has 0 aliphatic rings. The molecule has 2 aromatic carbocycles. The third-order valence-corrected chi connectivity index (χ3v) is 3.22. The number of rotatable bonds is 1. The molecule has 0 radical (unpaired) electrons. The molecule has 0 fully saturated rings. The van der Waals surface area contributed by atoms with Crippen molar-refractivity contribution in [2.75, 3.05) is 0 Å². The Kier molecular flexibility index (Phi) is 2.66.